The summed E-state index contributed by atoms with van der Waals surface area (Å²) in [6.07, 6.45) is -0.0266. The molecule has 2 unspecified atom stereocenters. The van der Waals surface area contributed by atoms with E-state index in [4.69, 9.17) is 5.11 Å². The van der Waals surface area contributed by atoms with Gasteiger partial charge in [0.2, 0.25) is 0 Å². The molecule has 0 bridgehead atoms. The maximum Gasteiger partial charge on any atom is 0.393 e. The molecule has 0 aromatic heterocycles. The quantitative estimate of drug-likeness (QED) is 0.859. The van der Waals surface area contributed by atoms with Crippen LogP contribution in [0.25, 0.3) is 0 Å². The number of carboxylic acid groups (broad SMARTS) is 1. The highest BCUT2D eigenvalue weighted by Crippen LogP contribution is 2.39. The Balaban J connectivity index is 1.87. The van der Waals surface area contributed by atoms with Gasteiger partial charge >= 0.3 is 12.1 Å². The van der Waals surface area contributed by atoms with E-state index in [1.807, 2.05) is 0 Å². The summed E-state index contributed by atoms with van der Waals surface area (Å²) in [6.45, 7) is 4.91. The van der Waals surface area contributed by atoms with Crippen LogP contribution in [0.1, 0.15) is 39.5 Å². The fourth-order valence-corrected chi connectivity index (χ4v) is 4.36. The normalized spacial score (nSPS) is 37.4. The molecule has 2 rings (SSSR count). The maximum absolute atomic E-state index is 13.0. The lowest BCUT2D eigenvalue weighted by molar-refractivity contribution is -0.188. The molecule has 4 atom stereocenters. The van der Waals surface area contributed by atoms with E-state index in [-0.39, 0.29) is 13.1 Å². The van der Waals surface area contributed by atoms with E-state index < -0.39 is 24.0 Å². The van der Waals surface area contributed by atoms with E-state index in [0.717, 1.165) is 19.3 Å². The van der Waals surface area contributed by atoms with Gasteiger partial charge in [0, 0.05) is 13.1 Å². The minimum atomic E-state index is -4.42. The van der Waals surface area contributed by atoms with Gasteiger partial charge in [-0.1, -0.05) is 13.8 Å². The Morgan fingerprint density at radius 1 is 1.14 bits per heavy atom. The zero-order chi connectivity index (χ0) is 16.5. The van der Waals surface area contributed by atoms with Crippen molar-refractivity contribution in [3.05, 3.63) is 0 Å². The summed E-state index contributed by atoms with van der Waals surface area (Å²) in [5.74, 6) is -2.45. The van der Waals surface area contributed by atoms with Crippen molar-refractivity contribution in [3.8, 4) is 0 Å². The second-order valence-corrected chi connectivity index (χ2v) is 7.42. The zero-order valence-electron chi connectivity index (χ0n) is 13.3. The first-order valence-electron chi connectivity index (χ1n) is 8.18. The van der Waals surface area contributed by atoms with Crippen LogP contribution in [0.3, 0.4) is 0 Å². The first kappa shape index (κ1) is 17.6. The summed E-state index contributed by atoms with van der Waals surface area (Å²) in [5.41, 5.74) is 0. The van der Waals surface area contributed by atoms with Gasteiger partial charge in [0.15, 0.2) is 0 Å². The molecule has 128 valence electrons. The summed E-state index contributed by atoms with van der Waals surface area (Å²) < 4.78 is 38.9. The van der Waals surface area contributed by atoms with E-state index in [0.29, 0.717) is 24.3 Å². The number of halogens is 3. The van der Waals surface area contributed by atoms with Crippen molar-refractivity contribution in [2.45, 2.75) is 45.7 Å². The van der Waals surface area contributed by atoms with Crippen LogP contribution in [-0.2, 0) is 4.79 Å². The van der Waals surface area contributed by atoms with Crippen LogP contribution >= 0.6 is 0 Å². The predicted octanol–water partition coefficient (Wildman–Crippen LogP) is 3.64. The fourth-order valence-electron chi connectivity index (χ4n) is 4.36. The molecule has 2 fully saturated rings. The van der Waals surface area contributed by atoms with Crippen LogP contribution in [0.2, 0.25) is 0 Å². The molecule has 1 heterocycles. The summed E-state index contributed by atoms with van der Waals surface area (Å²) in [4.78, 5) is 12.8. The summed E-state index contributed by atoms with van der Waals surface area (Å²) in [7, 11) is 0. The molecule has 1 aliphatic heterocycles. The van der Waals surface area contributed by atoms with Gasteiger partial charge in [-0.2, -0.15) is 13.2 Å². The van der Waals surface area contributed by atoms with Crippen molar-refractivity contribution in [1.29, 1.82) is 0 Å². The van der Waals surface area contributed by atoms with Crippen molar-refractivity contribution in [2.24, 2.45) is 29.6 Å². The lowest BCUT2D eigenvalue weighted by Crippen LogP contribution is -2.33. The Bertz CT molecular complexity index is 389. The third-order valence-corrected chi connectivity index (χ3v) is 5.26. The number of rotatable bonds is 4. The molecule has 0 radical (unpaired) electrons. The van der Waals surface area contributed by atoms with Crippen LogP contribution in [0.5, 0.6) is 0 Å². The second-order valence-electron chi connectivity index (χ2n) is 7.42. The molecule has 2 aliphatic rings. The molecule has 1 aliphatic carbocycles. The largest absolute Gasteiger partial charge is 0.481 e. The van der Waals surface area contributed by atoms with Crippen LogP contribution in [0.4, 0.5) is 13.2 Å². The molecule has 0 amide bonds. The molecule has 0 aromatic rings. The Hall–Kier alpha value is -0.780. The smallest absolute Gasteiger partial charge is 0.393 e. The number of hydrogen-bond donors (Lipinski definition) is 1. The molecule has 6 heteroatoms. The molecular formula is C16H26F3NO2. The molecule has 1 saturated heterocycles. The number of aliphatic carboxylic acids is 1. The van der Waals surface area contributed by atoms with E-state index in [1.165, 1.54) is 6.42 Å². The van der Waals surface area contributed by atoms with Gasteiger partial charge in [-0.15, -0.1) is 0 Å². The Morgan fingerprint density at radius 3 is 2.18 bits per heavy atom. The van der Waals surface area contributed by atoms with Gasteiger partial charge in [-0.05, 0) is 50.0 Å². The first-order chi connectivity index (χ1) is 10.2. The number of alkyl halides is 3. The molecule has 3 nitrogen and oxygen atoms in total. The minimum absolute atomic E-state index is 0.0251. The average molecular weight is 321 g/mol. The predicted molar refractivity (Wildman–Crippen MR) is 77.4 cm³/mol. The molecular weight excluding hydrogens is 295 g/mol. The number of likely N-dealkylation sites (tertiary alicyclic amines) is 1. The van der Waals surface area contributed by atoms with Crippen LogP contribution in [0.15, 0.2) is 0 Å². The van der Waals surface area contributed by atoms with Gasteiger partial charge in [-0.25, -0.2) is 0 Å². The van der Waals surface area contributed by atoms with E-state index in [9.17, 15) is 18.0 Å². The minimum Gasteiger partial charge on any atom is -0.481 e. The third kappa shape index (κ3) is 4.37. The van der Waals surface area contributed by atoms with Gasteiger partial charge in [0.25, 0.3) is 0 Å². The Morgan fingerprint density at radius 2 is 1.73 bits per heavy atom. The maximum atomic E-state index is 13.0. The number of hydrogen-bond acceptors (Lipinski definition) is 2. The van der Waals surface area contributed by atoms with Gasteiger partial charge in [0.1, 0.15) is 0 Å². The summed E-state index contributed by atoms with van der Waals surface area (Å²) in [5, 5.41) is 9.02. The molecule has 1 N–H and O–H groups in total. The van der Waals surface area contributed by atoms with Crippen LogP contribution in [-0.4, -0.2) is 41.8 Å². The van der Waals surface area contributed by atoms with E-state index in [2.05, 4.69) is 13.8 Å². The van der Waals surface area contributed by atoms with Crippen LogP contribution < -0.4 is 0 Å². The number of carboxylic acids is 1. The second kappa shape index (κ2) is 6.77. The number of carbonyl (C=O) groups is 1. The highest BCUT2D eigenvalue weighted by Gasteiger charge is 2.52. The average Bonchev–Trinajstić information content (AvgIpc) is 2.79. The Labute approximate surface area is 129 Å². The topological polar surface area (TPSA) is 40.5 Å². The van der Waals surface area contributed by atoms with Crippen molar-refractivity contribution in [2.75, 3.05) is 19.6 Å². The monoisotopic (exact) mass is 321 g/mol. The van der Waals surface area contributed by atoms with Crippen molar-refractivity contribution in [3.63, 3.8) is 0 Å². The van der Waals surface area contributed by atoms with Crippen molar-refractivity contribution < 1.29 is 23.1 Å². The molecule has 0 spiro atoms. The van der Waals surface area contributed by atoms with E-state index >= 15 is 0 Å². The van der Waals surface area contributed by atoms with Gasteiger partial charge in [-0.3, -0.25) is 4.79 Å². The van der Waals surface area contributed by atoms with Crippen molar-refractivity contribution in [1.82, 2.24) is 4.90 Å². The fraction of sp³-hybridized carbons (Fsp3) is 0.938. The molecule has 0 aromatic carbocycles. The van der Waals surface area contributed by atoms with Gasteiger partial charge in [0.05, 0.1) is 11.8 Å². The molecule has 22 heavy (non-hydrogen) atoms. The first-order valence-corrected chi connectivity index (χ1v) is 8.18. The zero-order valence-corrected chi connectivity index (χ0v) is 13.3. The number of nitrogens with zero attached hydrogens (tertiary/aromatic N) is 1. The van der Waals surface area contributed by atoms with Crippen LogP contribution in [0, 0.1) is 29.6 Å². The van der Waals surface area contributed by atoms with Gasteiger partial charge < -0.3 is 10.0 Å². The highest BCUT2D eigenvalue weighted by molar-refractivity contribution is 5.71. The molecule has 1 saturated carbocycles. The lowest BCUT2D eigenvalue weighted by atomic mass is 9.75. The lowest BCUT2D eigenvalue weighted by Gasteiger charge is -2.32. The van der Waals surface area contributed by atoms with Crippen molar-refractivity contribution >= 4 is 5.97 Å². The summed E-state index contributed by atoms with van der Waals surface area (Å²) >= 11 is 0. The standard InChI is InChI=1S/C16H26F3NO2/c1-10-5-11(2)7-12(6-10)3-4-20-8-13(15(21)22)14(9-20)16(17,18)19/h10-14H,3-9H2,1-2H3,(H,21,22)/t10?,11?,12?,13-,14-/m1/s1. The van der Waals surface area contributed by atoms with E-state index in [1.54, 1.807) is 4.90 Å². The summed E-state index contributed by atoms with van der Waals surface area (Å²) in [6, 6.07) is 0. The Kier molecular flexibility index (Phi) is 5.41. The SMILES string of the molecule is CC1CC(C)CC(CCN2C[C@@H](C(F)(F)F)[C@H](C(=O)O)C2)C1. The third-order valence-electron chi connectivity index (χ3n) is 5.26. The highest BCUT2D eigenvalue weighted by atomic mass is 19.4.